The highest BCUT2D eigenvalue weighted by Crippen LogP contribution is 2.31. The van der Waals surface area contributed by atoms with Gasteiger partial charge in [0.2, 0.25) is 5.82 Å². The van der Waals surface area contributed by atoms with Crippen molar-refractivity contribution in [3.63, 3.8) is 0 Å². The minimum absolute atomic E-state index is 0.101. The molecule has 1 aliphatic heterocycles. The maximum Gasteiger partial charge on any atom is 0.293 e. The van der Waals surface area contributed by atoms with Gasteiger partial charge >= 0.3 is 0 Å². The maximum atomic E-state index is 13.5. The second-order valence-electron chi connectivity index (χ2n) is 9.20. The molecule has 0 unspecified atom stereocenters. The molecule has 0 saturated carbocycles. The lowest BCUT2D eigenvalue weighted by atomic mass is 9.89. The summed E-state index contributed by atoms with van der Waals surface area (Å²) in [6.07, 6.45) is 3.06. The lowest BCUT2D eigenvalue weighted by Crippen LogP contribution is -2.38. The Balaban J connectivity index is 1.05. The van der Waals surface area contributed by atoms with Crippen molar-refractivity contribution >= 4 is 50.6 Å². The maximum absolute atomic E-state index is 13.5. The molecule has 38 heavy (non-hydrogen) atoms. The summed E-state index contributed by atoms with van der Waals surface area (Å²) >= 11 is 2.86. The van der Waals surface area contributed by atoms with E-state index in [0.29, 0.717) is 29.6 Å². The van der Waals surface area contributed by atoms with E-state index in [1.165, 1.54) is 51.6 Å². The molecule has 0 aliphatic carbocycles. The standard InChI is InChI=1S/C27H23FN6O2S2/c1-16-22-14-23(37-26(22)32-38-16)25(35)30-20-7-5-17(6-8-20)18-9-11-33(12-10-18)27(36)24-29-15-34(31-24)21-4-2-3-19(28)13-21/h2-8,13-15,18H,9-12H2,1H3,(H,30,35). The summed E-state index contributed by atoms with van der Waals surface area (Å²) in [5, 5.41) is 8.27. The van der Waals surface area contributed by atoms with Crippen molar-refractivity contribution < 1.29 is 14.0 Å². The van der Waals surface area contributed by atoms with E-state index in [1.807, 2.05) is 37.3 Å². The molecule has 11 heteroatoms. The van der Waals surface area contributed by atoms with Gasteiger partial charge in [0.15, 0.2) is 0 Å². The second kappa shape index (κ2) is 10.1. The number of fused-ring (bicyclic) bond motifs is 1. The van der Waals surface area contributed by atoms with Crippen LogP contribution in [0, 0.1) is 12.7 Å². The number of nitrogens with zero attached hydrogens (tertiary/aromatic N) is 5. The van der Waals surface area contributed by atoms with E-state index in [4.69, 9.17) is 0 Å². The Morgan fingerprint density at radius 3 is 2.61 bits per heavy atom. The number of aryl methyl sites for hydroxylation is 1. The number of halogens is 1. The topological polar surface area (TPSA) is 93.0 Å². The first-order valence-corrected chi connectivity index (χ1v) is 13.8. The average molecular weight is 547 g/mol. The zero-order valence-electron chi connectivity index (χ0n) is 20.4. The van der Waals surface area contributed by atoms with Gasteiger partial charge in [-0.3, -0.25) is 9.59 Å². The molecule has 6 rings (SSSR count). The van der Waals surface area contributed by atoms with Crippen LogP contribution in [0.25, 0.3) is 15.9 Å². The molecule has 2 aromatic carbocycles. The number of nitrogens with one attached hydrogen (secondary N) is 1. The molecule has 1 aliphatic rings. The molecular weight excluding hydrogens is 523 g/mol. The fourth-order valence-electron chi connectivity index (χ4n) is 4.67. The number of carbonyl (C=O) groups excluding carboxylic acids is 2. The molecule has 2 amide bonds. The highest BCUT2D eigenvalue weighted by atomic mass is 32.1. The van der Waals surface area contributed by atoms with Gasteiger partial charge in [-0.05, 0) is 79.2 Å². The van der Waals surface area contributed by atoms with Gasteiger partial charge < -0.3 is 10.2 Å². The number of amides is 2. The molecule has 1 N–H and O–H groups in total. The van der Waals surface area contributed by atoms with Gasteiger partial charge in [0.25, 0.3) is 11.8 Å². The van der Waals surface area contributed by atoms with Crippen LogP contribution in [0.4, 0.5) is 10.1 Å². The summed E-state index contributed by atoms with van der Waals surface area (Å²) in [7, 11) is 0. The predicted molar refractivity (Wildman–Crippen MR) is 146 cm³/mol. The summed E-state index contributed by atoms with van der Waals surface area (Å²) in [4.78, 5) is 34.2. The SMILES string of the molecule is Cc1snc2sc(C(=O)Nc3ccc(C4CCN(C(=O)c5ncn(-c6cccc(F)c6)n5)CC4)cc3)cc12. The number of likely N-dealkylation sites (tertiary alicyclic amines) is 1. The molecule has 1 fully saturated rings. The molecule has 3 aromatic heterocycles. The van der Waals surface area contributed by atoms with Gasteiger partial charge in [-0.15, -0.1) is 16.4 Å². The third-order valence-corrected chi connectivity index (χ3v) is 8.67. The summed E-state index contributed by atoms with van der Waals surface area (Å²) in [5.41, 5.74) is 2.43. The zero-order valence-corrected chi connectivity index (χ0v) is 22.1. The van der Waals surface area contributed by atoms with Crippen molar-refractivity contribution in [3.05, 3.63) is 87.9 Å². The minimum atomic E-state index is -0.377. The van der Waals surface area contributed by atoms with E-state index < -0.39 is 0 Å². The second-order valence-corrected chi connectivity index (χ2v) is 11.2. The van der Waals surface area contributed by atoms with E-state index in [1.54, 1.807) is 17.0 Å². The smallest absolute Gasteiger partial charge is 0.293 e. The first kappa shape index (κ1) is 24.4. The molecule has 0 atom stereocenters. The largest absolute Gasteiger partial charge is 0.336 e. The summed E-state index contributed by atoms with van der Waals surface area (Å²) in [6, 6.07) is 15.8. The lowest BCUT2D eigenvalue weighted by Gasteiger charge is -2.31. The van der Waals surface area contributed by atoms with E-state index in [0.717, 1.165) is 33.6 Å². The summed E-state index contributed by atoms with van der Waals surface area (Å²) < 4.78 is 19.3. The highest BCUT2D eigenvalue weighted by Gasteiger charge is 2.27. The predicted octanol–water partition coefficient (Wildman–Crippen LogP) is 5.66. The molecule has 8 nitrogen and oxygen atoms in total. The lowest BCUT2D eigenvalue weighted by molar-refractivity contribution is 0.0700. The van der Waals surface area contributed by atoms with E-state index >= 15 is 0 Å². The Labute approximate surface area is 225 Å². The Hall–Kier alpha value is -3.96. The van der Waals surface area contributed by atoms with Crippen LogP contribution in [0.1, 0.15) is 49.5 Å². The van der Waals surface area contributed by atoms with E-state index in [9.17, 15) is 14.0 Å². The Bertz CT molecular complexity index is 1630. The summed E-state index contributed by atoms with van der Waals surface area (Å²) in [6.45, 7) is 3.20. The molecule has 4 heterocycles. The fourth-order valence-corrected chi connectivity index (χ4v) is 6.41. The number of carbonyl (C=O) groups is 2. The third-order valence-electron chi connectivity index (χ3n) is 6.76. The van der Waals surface area contributed by atoms with Crippen LogP contribution in [0.15, 0.2) is 60.9 Å². The van der Waals surface area contributed by atoms with Crippen molar-refractivity contribution in [1.82, 2.24) is 24.0 Å². The number of hydrogen-bond acceptors (Lipinski definition) is 7. The Morgan fingerprint density at radius 1 is 1.08 bits per heavy atom. The number of rotatable bonds is 5. The Morgan fingerprint density at radius 2 is 1.87 bits per heavy atom. The number of hydrogen-bond donors (Lipinski definition) is 1. The van der Waals surface area contributed by atoms with Gasteiger partial charge in [-0.2, -0.15) is 4.37 Å². The monoisotopic (exact) mass is 546 g/mol. The molecule has 0 radical (unpaired) electrons. The van der Waals surface area contributed by atoms with Crippen molar-refractivity contribution in [1.29, 1.82) is 0 Å². The molecule has 192 valence electrons. The van der Waals surface area contributed by atoms with Crippen molar-refractivity contribution in [2.45, 2.75) is 25.7 Å². The molecule has 5 aromatic rings. The van der Waals surface area contributed by atoms with Crippen molar-refractivity contribution in [2.75, 3.05) is 18.4 Å². The van der Waals surface area contributed by atoms with Crippen LogP contribution < -0.4 is 5.32 Å². The molecule has 1 saturated heterocycles. The highest BCUT2D eigenvalue weighted by molar-refractivity contribution is 7.22. The summed E-state index contributed by atoms with van der Waals surface area (Å²) in [5.74, 6) is -0.317. The number of piperidine rings is 1. The zero-order chi connectivity index (χ0) is 26.2. The number of thiophene rings is 1. The fraction of sp³-hybridized carbons (Fsp3) is 0.222. The van der Waals surface area contributed by atoms with Crippen LogP contribution >= 0.6 is 22.9 Å². The minimum Gasteiger partial charge on any atom is -0.336 e. The van der Waals surface area contributed by atoms with E-state index in [-0.39, 0.29) is 23.5 Å². The van der Waals surface area contributed by atoms with E-state index in [2.05, 4.69) is 19.8 Å². The average Bonchev–Trinajstić information content (AvgIpc) is 3.67. The normalized spacial score (nSPS) is 14.2. The molecule has 0 spiro atoms. The Kier molecular flexibility index (Phi) is 6.46. The first-order chi connectivity index (χ1) is 18.4. The molecule has 0 bridgehead atoms. The number of benzene rings is 2. The molecular formula is C27H23FN6O2S2. The van der Waals surface area contributed by atoms with Gasteiger partial charge in [0.1, 0.15) is 17.0 Å². The number of anilines is 1. The van der Waals surface area contributed by atoms with Gasteiger partial charge in [0, 0.05) is 29.0 Å². The number of aromatic nitrogens is 4. The van der Waals surface area contributed by atoms with Crippen LogP contribution in [0.2, 0.25) is 0 Å². The van der Waals surface area contributed by atoms with Gasteiger partial charge in [-0.1, -0.05) is 18.2 Å². The first-order valence-electron chi connectivity index (χ1n) is 12.2. The van der Waals surface area contributed by atoms with Crippen LogP contribution in [-0.4, -0.2) is 48.9 Å². The third kappa shape index (κ3) is 4.82. The van der Waals surface area contributed by atoms with Crippen LogP contribution in [-0.2, 0) is 0 Å². The van der Waals surface area contributed by atoms with Gasteiger partial charge in [0.05, 0.1) is 10.6 Å². The van der Waals surface area contributed by atoms with Crippen LogP contribution in [0.3, 0.4) is 0 Å². The van der Waals surface area contributed by atoms with Crippen LogP contribution in [0.5, 0.6) is 0 Å². The van der Waals surface area contributed by atoms with Gasteiger partial charge in [-0.25, -0.2) is 14.1 Å². The van der Waals surface area contributed by atoms with Crippen molar-refractivity contribution in [2.24, 2.45) is 0 Å². The van der Waals surface area contributed by atoms with Crippen molar-refractivity contribution in [3.8, 4) is 5.69 Å². The quantitative estimate of drug-likeness (QED) is 0.307.